The third kappa shape index (κ3) is 3.55. The average molecular weight is 356 g/mol. The molecule has 1 aromatic carbocycles. The monoisotopic (exact) mass is 355 g/mol. The van der Waals surface area contributed by atoms with Gasteiger partial charge in [-0.05, 0) is 31.2 Å². The molecule has 1 amide bonds. The van der Waals surface area contributed by atoms with Gasteiger partial charge in [0.2, 0.25) is 0 Å². The van der Waals surface area contributed by atoms with Crippen molar-refractivity contribution in [3.05, 3.63) is 51.6 Å². The second kappa shape index (κ2) is 6.17. The van der Waals surface area contributed by atoms with Gasteiger partial charge < -0.3 is 10.6 Å². The van der Waals surface area contributed by atoms with Gasteiger partial charge in [-0.15, -0.1) is 0 Å². The number of carbonyl (C=O) groups excluding carboxylic acids is 1. The Balaban J connectivity index is 2.32. The number of anilines is 2. The summed E-state index contributed by atoms with van der Waals surface area (Å²) in [5.41, 5.74) is 0.390. The SMILES string of the molecule is CNc1cc(C(=O)Nc2c(F)cc(Br)cc2F)cc(C)n1. The number of carbonyl (C=O) groups is 1. The number of nitrogens with zero attached hydrogens (tertiary/aromatic N) is 1. The fourth-order valence-corrected chi connectivity index (χ4v) is 2.18. The number of aromatic nitrogens is 1. The second-order valence-electron chi connectivity index (χ2n) is 4.33. The van der Waals surface area contributed by atoms with Crippen molar-refractivity contribution in [1.82, 2.24) is 4.98 Å². The zero-order chi connectivity index (χ0) is 15.6. The molecule has 0 saturated carbocycles. The van der Waals surface area contributed by atoms with E-state index in [1.54, 1.807) is 14.0 Å². The number of benzene rings is 1. The summed E-state index contributed by atoms with van der Waals surface area (Å²) in [7, 11) is 1.66. The van der Waals surface area contributed by atoms with Crippen LogP contribution in [0.15, 0.2) is 28.7 Å². The van der Waals surface area contributed by atoms with Crippen LogP contribution >= 0.6 is 15.9 Å². The minimum Gasteiger partial charge on any atom is -0.373 e. The molecule has 0 bridgehead atoms. The zero-order valence-corrected chi connectivity index (χ0v) is 12.9. The van der Waals surface area contributed by atoms with Crippen molar-refractivity contribution in [2.24, 2.45) is 0 Å². The van der Waals surface area contributed by atoms with Gasteiger partial charge in [-0.1, -0.05) is 15.9 Å². The maximum absolute atomic E-state index is 13.7. The number of halogens is 3. The molecular weight excluding hydrogens is 344 g/mol. The standard InChI is InChI=1S/C14H12BrF2N3O/c1-7-3-8(4-12(18-2)19-7)14(21)20-13-10(16)5-9(15)6-11(13)17/h3-6H,1-2H3,(H,18,19)(H,20,21). The molecule has 2 aromatic rings. The molecule has 0 saturated heterocycles. The molecule has 110 valence electrons. The molecule has 0 aliphatic heterocycles. The Labute approximate surface area is 128 Å². The topological polar surface area (TPSA) is 54.0 Å². The maximum atomic E-state index is 13.7. The predicted molar refractivity (Wildman–Crippen MR) is 80.5 cm³/mol. The van der Waals surface area contributed by atoms with Gasteiger partial charge in [0.05, 0.1) is 0 Å². The van der Waals surface area contributed by atoms with Gasteiger partial charge in [0, 0.05) is 22.8 Å². The van der Waals surface area contributed by atoms with Crippen molar-refractivity contribution in [1.29, 1.82) is 0 Å². The Hall–Kier alpha value is -2.02. The molecule has 21 heavy (non-hydrogen) atoms. The van der Waals surface area contributed by atoms with Gasteiger partial charge in [-0.3, -0.25) is 4.79 Å². The van der Waals surface area contributed by atoms with Crippen molar-refractivity contribution in [3.63, 3.8) is 0 Å². The minimum atomic E-state index is -0.852. The molecule has 0 radical (unpaired) electrons. The van der Waals surface area contributed by atoms with E-state index in [0.717, 1.165) is 12.1 Å². The molecule has 0 unspecified atom stereocenters. The molecule has 2 N–H and O–H groups in total. The lowest BCUT2D eigenvalue weighted by molar-refractivity contribution is 0.102. The molecule has 4 nitrogen and oxygen atoms in total. The molecule has 1 aromatic heterocycles. The van der Waals surface area contributed by atoms with Gasteiger partial charge in [0.25, 0.3) is 5.91 Å². The Morgan fingerprint density at radius 3 is 2.38 bits per heavy atom. The molecule has 0 aliphatic rings. The van der Waals surface area contributed by atoms with Crippen molar-refractivity contribution < 1.29 is 13.6 Å². The largest absolute Gasteiger partial charge is 0.373 e. The number of nitrogens with one attached hydrogen (secondary N) is 2. The number of pyridine rings is 1. The highest BCUT2D eigenvalue weighted by Gasteiger charge is 2.15. The summed E-state index contributed by atoms with van der Waals surface area (Å²) in [6.07, 6.45) is 0. The Morgan fingerprint density at radius 1 is 1.19 bits per heavy atom. The Bertz CT molecular complexity index is 684. The van der Waals surface area contributed by atoms with Crippen LogP contribution < -0.4 is 10.6 Å². The average Bonchev–Trinajstić information content (AvgIpc) is 2.41. The van der Waals surface area contributed by atoms with E-state index in [-0.39, 0.29) is 10.0 Å². The highest BCUT2D eigenvalue weighted by molar-refractivity contribution is 9.10. The number of aryl methyl sites for hydroxylation is 1. The smallest absolute Gasteiger partial charge is 0.256 e. The van der Waals surface area contributed by atoms with E-state index in [9.17, 15) is 13.6 Å². The predicted octanol–water partition coefficient (Wildman–Crippen LogP) is 3.72. The van der Waals surface area contributed by atoms with E-state index in [2.05, 4.69) is 31.5 Å². The van der Waals surface area contributed by atoms with Gasteiger partial charge in [0.15, 0.2) is 11.6 Å². The molecule has 0 atom stereocenters. The Morgan fingerprint density at radius 2 is 1.81 bits per heavy atom. The van der Waals surface area contributed by atoms with Crippen LogP contribution in [-0.4, -0.2) is 17.9 Å². The maximum Gasteiger partial charge on any atom is 0.256 e. The third-order valence-electron chi connectivity index (χ3n) is 2.72. The summed E-state index contributed by atoms with van der Waals surface area (Å²) >= 11 is 2.98. The van der Waals surface area contributed by atoms with Crippen LogP contribution in [-0.2, 0) is 0 Å². The lowest BCUT2D eigenvalue weighted by Gasteiger charge is -2.10. The second-order valence-corrected chi connectivity index (χ2v) is 5.25. The van der Waals surface area contributed by atoms with E-state index >= 15 is 0 Å². The third-order valence-corrected chi connectivity index (χ3v) is 3.17. The van der Waals surface area contributed by atoms with Crippen LogP contribution in [0.4, 0.5) is 20.3 Å². The first kappa shape index (κ1) is 15.4. The first-order chi connectivity index (χ1) is 9.90. The van der Waals surface area contributed by atoms with Crippen LogP contribution in [0.3, 0.4) is 0 Å². The van der Waals surface area contributed by atoms with E-state index in [0.29, 0.717) is 11.5 Å². The van der Waals surface area contributed by atoms with Crippen LogP contribution in [0.25, 0.3) is 0 Å². The fraction of sp³-hybridized carbons (Fsp3) is 0.143. The first-order valence-corrected chi connectivity index (χ1v) is 6.82. The zero-order valence-electron chi connectivity index (χ0n) is 11.3. The minimum absolute atomic E-state index is 0.257. The van der Waals surface area contributed by atoms with Crippen LogP contribution in [0.1, 0.15) is 16.1 Å². The van der Waals surface area contributed by atoms with E-state index in [1.807, 2.05) is 0 Å². The molecule has 0 aliphatic carbocycles. The molecule has 7 heteroatoms. The van der Waals surface area contributed by atoms with E-state index in [1.165, 1.54) is 12.1 Å². The summed E-state index contributed by atoms with van der Waals surface area (Å²) in [5, 5.41) is 5.05. The van der Waals surface area contributed by atoms with Crippen molar-refractivity contribution in [3.8, 4) is 0 Å². The van der Waals surface area contributed by atoms with Crippen LogP contribution in [0, 0.1) is 18.6 Å². The fourth-order valence-electron chi connectivity index (χ4n) is 1.78. The highest BCUT2D eigenvalue weighted by Crippen LogP contribution is 2.24. The summed E-state index contributed by atoms with van der Waals surface area (Å²) < 4.78 is 27.7. The number of amides is 1. The highest BCUT2D eigenvalue weighted by atomic mass is 79.9. The quantitative estimate of drug-likeness (QED) is 0.881. The van der Waals surface area contributed by atoms with Crippen molar-refractivity contribution in [2.75, 3.05) is 17.7 Å². The van der Waals surface area contributed by atoms with E-state index in [4.69, 9.17) is 0 Å². The number of hydrogen-bond donors (Lipinski definition) is 2. The molecule has 2 rings (SSSR count). The molecule has 0 fully saturated rings. The lowest BCUT2D eigenvalue weighted by Crippen LogP contribution is -2.15. The van der Waals surface area contributed by atoms with Gasteiger partial charge >= 0.3 is 0 Å². The summed E-state index contributed by atoms with van der Waals surface area (Å²) in [6, 6.07) is 5.19. The van der Waals surface area contributed by atoms with Gasteiger partial charge in [-0.2, -0.15) is 0 Å². The number of rotatable bonds is 3. The number of hydrogen-bond acceptors (Lipinski definition) is 3. The van der Waals surface area contributed by atoms with E-state index < -0.39 is 23.2 Å². The lowest BCUT2D eigenvalue weighted by atomic mass is 10.2. The van der Waals surface area contributed by atoms with Crippen molar-refractivity contribution >= 4 is 33.3 Å². The van der Waals surface area contributed by atoms with Crippen LogP contribution in [0.5, 0.6) is 0 Å². The van der Waals surface area contributed by atoms with Crippen LogP contribution in [0.2, 0.25) is 0 Å². The van der Waals surface area contributed by atoms with Gasteiger partial charge in [-0.25, -0.2) is 13.8 Å². The molecule has 1 heterocycles. The van der Waals surface area contributed by atoms with Gasteiger partial charge in [0.1, 0.15) is 11.5 Å². The molecule has 0 spiro atoms. The normalized spacial score (nSPS) is 10.3. The Kier molecular flexibility index (Phi) is 4.52. The van der Waals surface area contributed by atoms with Crippen molar-refractivity contribution in [2.45, 2.75) is 6.92 Å². The summed E-state index contributed by atoms with van der Waals surface area (Å²) in [6.45, 7) is 1.72. The molecular formula is C14H12BrF2N3O. The first-order valence-electron chi connectivity index (χ1n) is 6.03. The summed E-state index contributed by atoms with van der Waals surface area (Å²) in [5.74, 6) is -1.82. The summed E-state index contributed by atoms with van der Waals surface area (Å²) in [4.78, 5) is 16.3.